The Morgan fingerprint density at radius 2 is 2.11 bits per heavy atom. The molecule has 1 aliphatic rings. The maximum atomic E-state index is 12.5. The van der Waals surface area contributed by atoms with E-state index in [1.807, 2.05) is 26.0 Å². The van der Waals surface area contributed by atoms with E-state index in [-0.39, 0.29) is 12.0 Å². The van der Waals surface area contributed by atoms with Crippen molar-refractivity contribution in [2.24, 2.45) is 5.73 Å². The molecular weight excluding hydrogens is 346 g/mol. The number of hydrogen-bond acceptors (Lipinski definition) is 4. The third-order valence-corrected chi connectivity index (χ3v) is 4.21. The van der Waals surface area contributed by atoms with E-state index in [1.165, 1.54) is 0 Å². The molecule has 27 heavy (non-hydrogen) atoms. The van der Waals surface area contributed by atoms with E-state index < -0.39 is 6.03 Å². The highest BCUT2D eigenvalue weighted by Crippen LogP contribution is 2.35. The number of nitrogens with one attached hydrogen (secondary N) is 2. The Morgan fingerprint density at radius 1 is 1.30 bits per heavy atom. The van der Waals surface area contributed by atoms with E-state index in [1.54, 1.807) is 24.3 Å². The number of anilines is 1. The highest BCUT2D eigenvalue weighted by atomic mass is 16.5. The zero-order chi connectivity index (χ0) is 19.4. The Balaban J connectivity index is 1.73. The molecule has 0 radical (unpaired) electrons. The lowest BCUT2D eigenvalue weighted by Crippen LogP contribution is -2.24. The number of rotatable bonds is 6. The molecule has 0 aromatic heterocycles. The summed E-state index contributed by atoms with van der Waals surface area (Å²) in [5.41, 5.74) is 7.96. The average Bonchev–Trinajstić information content (AvgIpc) is 2.98. The lowest BCUT2D eigenvalue weighted by molar-refractivity contribution is 0.0950. The molecule has 1 aliphatic heterocycles. The molecule has 7 heteroatoms. The third-order valence-electron chi connectivity index (χ3n) is 4.21. The maximum absolute atomic E-state index is 12.5. The number of amides is 3. The molecule has 7 nitrogen and oxygen atoms in total. The van der Waals surface area contributed by atoms with Crippen LogP contribution in [-0.2, 0) is 13.0 Å². The molecule has 3 amide bonds. The Hall–Kier alpha value is -3.22. The van der Waals surface area contributed by atoms with Crippen LogP contribution in [0, 0.1) is 0 Å². The molecule has 1 heterocycles. The zero-order valence-corrected chi connectivity index (χ0v) is 15.4. The Bertz CT molecular complexity index is 866. The van der Waals surface area contributed by atoms with Gasteiger partial charge in [0.2, 0.25) is 0 Å². The second kappa shape index (κ2) is 7.99. The van der Waals surface area contributed by atoms with Gasteiger partial charge in [-0.25, -0.2) is 4.79 Å². The highest BCUT2D eigenvalue weighted by molar-refractivity contribution is 5.96. The van der Waals surface area contributed by atoms with E-state index >= 15 is 0 Å². The lowest BCUT2D eigenvalue weighted by Gasteiger charge is -2.13. The van der Waals surface area contributed by atoms with Gasteiger partial charge >= 0.3 is 6.03 Å². The van der Waals surface area contributed by atoms with E-state index in [0.29, 0.717) is 24.4 Å². The van der Waals surface area contributed by atoms with E-state index in [4.69, 9.17) is 15.2 Å². The van der Waals surface area contributed by atoms with Crippen molar-refractivity contribution < 1.29 is 19.1 Å². The smallest absolute Gasteiger partial charge is 0.316 e. The Kier molecular flexibility index (Phi) is 5.49. The van der Waals surface area contributed by atoms with Gasteiger partial charge in [-0.2, -0.15) is 0 Å². The van der Waals surface area contributed by atoms with Crippen molar-refractivity contribution in [1.29, 1.82) is 0 Å². The summed E-state index contributed by atoms with van der Waals surface area (Å²) in [6.07, 6.45) is 0.988. The normalized spacial score (nSPS) is 14.8. The van der Waals surface area contributed by atoms with Crippen LogP contribution in [0.15, 0.2) is 36.4 Å². The largest absolute Gasteiger partial charge is 0.494 e. The fourth-order valence-electron chi connectivity index (χ4n) is 3.07. The first kappa shape index (κ1) is 18.6. The van der Waals surface area contributed by atoms with Crippen LogP contribution in [0.3, 0.4) is 0 Å². The van der Waals surface area contributed by atoms with Crippen molar-refractivity contribution in [3.05, 3.63) is 53.1 Å². The quantitative estimate of drug-likeness (QED) is 0.728. The van der Waals surface area contributed by atoms with Crippen molar-refractivity contribution in [2.45, 2.75) is 32.9 Å². The van der Waals surface area contributed by atoms with Gasteiger partial charge in [0.05, 0.1) is 6.61 Å². The Morgan fingerprint density at radius 3 is 2.85 bits per heavy atom. The molecule has 0 saturated heterocycles. The van der Waals surface area contributed by atoms with Gasteiger partial charge in [-0.1, -0.05) is 6.07 Å². The van der Waals surface area contributed by atoms with Crippen molar-refractivity contribution >= 4 is 17.6 Å². The number of hydrogen-bond donors (Lipinski definition) is 3. The zero-order valence-electron chi connectivity index (χ0n) is 15.4. The van der Waals surface area contributed by atoms with E-state index in [2.05, 4.69) is 10.6 Å². The SMILES string of the molecule is CCOc1cc2c(cc1CNC(=O)c1cccc(NC(N)=O)c1)OC(C)C2. The maximum Gasteiger partial charge on any atom is 0.316 e. The first-order valence-corrected chi connectivity index (χ1v) is 8.86. The second-order valence-corrected chi connectivity index (χ2v) is 6.39. The third kappa shape index (κ3) is 4.49. The van der Waals surface area contributed by atoms with Crippen molar-refractivity contribution in [3.8, 4) is 11.5 Å². The molecule has 0 aliphatic carbocycles. The van der Waals surface area contributed by atoms with Gasteiger partial charge in [-0.3, -0.25) is 4.79 Å². The van der Waals surface area contributed by atoms with Gasteiger partial charge in [0.25, 0.3) is 5.91 Å². The van der Waals surface area contributed by atoms with Gasteiger partial charge in [0.1, 0.15) is 17.6 Å². The van der Waals surface area contributed by atoms with Crippen LogP contribution in [0.5, 0.6) is 11.5 Å². The van der Waals surface area contributed by atoms with Crippen LogP contribution in [-0.4, -0.2) is 24.6 Å². The molecular formula is C20H23N3O4. The first-order chi connectivity index (χ1) is 13.0. The standard InChI is InChI=1S/C20H23N3O4/c1-3-26-17-9-14-7-12(2)27-18(14)10-15(17)11-22-19(24)13-5-4-6-16(8-13)23-20(21)25/h4-6,8-10,12H,3,7,11H2,1-2H3,(H,22,24)(H3,21,23,25). The summed E-state index contributed by atoms with van der Waals surface area (Å²) in [5, 5.41) is 5.33. The van der Waals surface area contributed by atoms with Gasteiger partial charge in [0, 0.05) is 35.3 Å². The average molecular weight is 369 g/mol. The molecule has 1 atom stereocenters. The number of carbonyl (C=O) groups is 2. The van der Waals surface area contributed by atoms with Crippen molar-refractivity contribution in [1.82, 2.24) is 5.32 Å². The van der Waals surface area contributed by atoms with Crippen LogP contribution in [0.4, 0.5) is 10.5 Å². The number of primary amides is 1. The molecule has 3 rings (SSSR count). The van der Waals surface area contributed by atoms with Crippen LogP contribution < -0.4 is 25.8 Å². The summed E-state index contributed by atoms with van der Waals surface area (Å²) in [5.74, 6) is 1.32. The number of urea groups is 1. The van der Waals surface area contributed by atoms with E-state index in [9.17, 15) is 9.59 Å². The minimum atomic E-state index is -0.679. The number of carbonyl (C=O) groups excluding carboxylic acids is 2. The van der Waals surface area contributed by atoms with Gasteiger partial charge in [-0.05, 0) is 44.2 Å². The van der Waals surface area contributed by atoms with Crippen LogP contribution in [0.2, 0.25) is 0 Å². The molecule has 1 unspecified atom stereocenters. The van der Waals surface area contributed by atoms with Crippen LogP contribution in [0.1, 0.15) is 35.3 Å². The summed E-state index contributed by atoms with van der Waals surface area (Å²) in [4.78, 5) is 23.4. The van der Waals surface area contributed by atoms with Crippen molar-refractivity contribution in [3.63, 3.8) is 0 Å². The fraction of sp³-hybridized carbons (Fsp3) is 0.300. The molecule has 0 bridgehead atoms. The summed E-state index contributed by atoms with van der Waals surface area (Å²) >= 11 is 0. The molecule has 2 aromatic rings. The number of fused-ring (bicyclic) bond motifs is 1. The predicted molar refractivity (Wildman–Crippen MR) is 102 cm³/mol. The molecule has 0 spiro atoms. The van der Waals surface area contributed by atoms with Gasteiger partial charge in [0.15, 0.2) is 0 Å². The van der Waals surface area contributed by atoms with Gasteiger partial charge < -0.3 is 25.8 Å². The number of nitrogens with two attached hydrogens (primary N) is 1. The monoisotopic (exact) mass is 369 g/mol. The molecule has 0 saturated carbocycles. The predicted octanol–water partition coefficient (Wildman–Crippen LogP) is 2.83. The number of ether oxygens (including phenoxy) is 2. The summed E-state index contributed by atoms with van der Waals surface area (Å²) in [7, 11) is 0. The molecule has 2 aromatic carbocycles. The highest BCUT2D eigenvalue weighted by Gasteiger charge is 2.22. The minimum absolute atomic E-state index is 0.139. The fourth-order valence-corrected chi connectivity index (χ4v) is 3.07. The number of benzene rings is 2. The second-order valence-electron chi connectivity index (χ2n) is 6.39. The molecule has 4 N–H and O–H groups in total. The Labute approximate surface area is 157 Å². The topological polar surface area (TPSA) is 103 Å². The minimum Gasteiger partial charge on any atom is -0.494 e. The molecule has 142 valence electrons. The summed E-state index contributed by atoms with van der Waals surface area (Å²) in [6.45, 7) is 4.78. The van der Waals surface area contributed by atoms with Gasteiger partial charge in [-0.15, -0.1) is 0 Å². The van der Waals surface area contributed by atoms with Crippen molar-refractivity contribution in [2.75, 3.05) is 11.9 Å². The summed E-state index contributed by atoms with van der Waals surface area (Å²) < 4.78 is 11.5. The first-order valence-electron chi connectivity index (χ1n) is 8.86. The van der Waals surface area contributed by atoms with E-state index in [0.717, 1.165) is 29.0 Å². The van der Waals surface area contributed by atoms with Crippen LogP contribution in [0.25, 0.3) is 0 Å². The lowest BCUT2D eigenvalue weighted by atomic mass is 10.1. The summed E-state index contributed by atoms with van der Waals surface area (Å²) in [6, 6.07) is 9.80. The molecule has 0 fully saturated rings. The van der Waals surface area contributed by atoms with Crippen LogP contribution >= 0.6 is 0 Å².